The summed E-state index contributed by atoms with van der Waals surface area (Å²) in [4.78, 5) is 23.1. The predicted molar refractivity (Wildman–Crippen MR) is 78.1 cm³/mol. The van der Waals surface area contributed by atoms with Crippen molar-refractivity contribution in [3.05, 3.63) is 34.3 Å². The smallest absolute Gasteiger partial charge is 0.326 e. The van der Waals surface area contributed by atoms with Gasteiger partial charge in [-0.2, -0.15) is 11.8 Å². The number of aryl methyl sites for hydroxylation is 1. The van der Waals surface area contributed by atoms with Crippen molar-refractivity contribution in [2.45, 2.75) is 19.4 Å². The molecule has 0 saturated carbocycles. The molecule has 6 heteroatoms. The maximum atomic E-state index is 12.1. The van der Waals surface area contributed by atoms with Crippen molar-refractivity contribution in [3.8, 4) is 0 Å². The fourth-order valence-electron chi connectivity index (χ4n) is 1.57. The Bertz CT molecular complexity index is 479. The van der Waals surface area contributed by atoms with Crippen LogP contribution in [0.2, 0.25) is 5.02 Å². The molecule has 1 amide bonds. The van der Waals surface area contributed by atoms with E-state index in [0.717, 1.165) is 5.56 Å². The number of carbonyl (C=O) groups excluding carboxylic acids is 1. The molecule has 0 aliphatic rings. The summed E-state index contributed by atoms with van der Waals surface area (Å²) in [6.07, 6.45) is 2.28. The molecule has 0 heterocycles. The molecule has 1 unspecified atom stereocenters. The van der Waals surface area contributed by atoms with Gasteiger partial charge in [0.1, 0.15) is 6.04 Å². The minimum absolute atomic E-state index is 0.391. The summed E-state index contributed by atoms with van der Waals surface area (Å²) in [6.45, 7) is 1.78. The fraction of sp³-hybridized carbons (Fsp3) is 0.385. The van der Waals surface area contributed by atoms with Gasteiger partial charge in [0.25, 0.3) is 5.91 Å². The summed E-state index contributed by atoms with van der Waals surface area (Å²) in [5.74, 6) is -0.762. The molecule has 0 saturated heterocycles. The molecule has 0 aliphatic carbocycles. The monoisotopic (exact) mass is 301 g/mol. The van der Waals surface area contributed by atoms with Crippen LogP contribution in [0.1, 0.15) is 22.3 Å². The third-order valence-corrected chi connectivity index (χ3v) is 3.54. The van der Waals surface area contributed by atoms with E-state index in [0.29, 0.717) is 22.8 Å². The Kier molecular flexibility index (Phi) is 6.18. The van der Waals surface area contributed by atoms with Crippen molar-refractivity contribution < 1.29 is 14.7 Å². The van der Waals surface area contributed by atoms with Crippen LogP contribution < -0.4 is 5.32 Å². The minimum Gasteiger partial charge on any atom is -0.480 e. The Morgan fingerprint density at radius 2 is 2.16 bits per heavy atom. The van der Waals surface area contributed by atoms with Crippen LogP contribution in [-0.4, -0.2) is 35.0 Å². The van der Waals surface area contributed by atoms with Crippen LogP contribution in [0, 0.1) is 6.92 Å². The first kappa shape index (κ1) is 15.9. The van der Waals surface area contributed by atoms with Gasteiger partial charge in [-0.05, 0) is 43.0 Å². The van der Waals surface area contributed by atoms with Crippen LogP contribution in [0.4, 0.5) is 0 Å². The first-order chi connectivity index (χ1) is 8.95. The summed E-state index contributed by atoms with van der Waals surface area (Å²) in [5.41, 5.74) is 1.17. The average Bonchev–Trinajstić information content (AvgIpc) is 2.36. The average molecular weight is 302 g/mol. The molecule has 1 atom stereocenters. The third-order valence-electron chi connectivity index (χ3n) is 2.66. The predicted octanol–water partition coefficient (Wildman–Crippen LogP) is 2.58. The van der Waals surface area contributed by atoms with E-state index in [1.54, 1.807) is 36.9 Å². The van der Waals surface area contributed by atoms with Crippen LogP contribution in [-0.2, 0) is 4.79 Å². The lowest BCUT2D eigenvalue weighted by atomic mass is 10.1. The number of carboxylic acid groups (broad SMARTS) is 1. The normalized spacial score (nSPS) is 11.9. The van der Waals surface area contributed by atoms with E-state index in [1.807, 2.05) is 6.26 Å². The van der Waals surface area contributed by atoms with Crippen molar-refractivity contribution in [3.63, 3.8) is 0 Å². The Morgan fingerprint density at radius 3 is 2.74 bits per heavy atom. The Morgan fingerprint density at radius 1 is 1.47 bits per heavy atom. The zero-order valence-electron chi connectivity index (χ0n) is 10.8. The molecule has 0 radical (unpaired) electrons. The molecule has 0 bridgehead atoms. The first-order valence-corrected chi connectivity index (χ1v) is 7.51. The van der Waals surface area contributed by atoms with Gasteiger partial charge in [-0.3, -0.25) is 4.79 Å². The zero-order valence-corrected chi connectivity index (χ0v) is 12.3. The van der Waals surface area contributed by atoms with Crippen molar-refractivity contribution in [1.82, 2.24) is 5.32 Å². The number of carbonyl (C=O) groups is 2. The summed E-state index contributed by atoms with van der Waals surface area (Å²) >= 11 is 7.38. The molecule has 19 heavy (non-hydrogen) atoms. The number of thioether (sulfide) groups is 1. The molecule has 104 valence electrons. The highest BCUT2D eigenvalue weighted by Crippen LogP contribution is 2.15. The van der Waals surface area contributed by atoms with Crippen LogP contribution in [0.5, 0.6) is 0 Å². The molecule has 0 fully saturated rings. The van der Waals surface area contributed by atoms with E-state index in [-0.39, 0.29) is 0 Å². The molecular formula is C13H16ClNO3S. The lowest BCUT2D eigenvalue weighted by molar-refractivity contribution is -0.139. The first-order valence-electron chi connectivity index (χ1n) is 5.74. The number of aliphatic carboxylic acids is 1. The summed E-state index contributed by atoms with van der Waals surface area (Å²) in [7, 11) is 0. The molecule has 1 rings (SSSR count). The number of hydrogen-bond donors (Lipinski definition) is 2. The zero-order chi connectivity index (χ0) is 14.4. The van der Waals surface area contributed by atoms with E-state index in [9.17, 15) is 9.59 Å². The lowest BCUT2D eigenvalue weighted by Gasteiger charge is -2.15. The van der Waals surface area contributed by atoms with Crippen molar-refractivity contribution >= 4 is 35.2 Å². The summed E-state index contributed by atoms with van der Waals surface area (Å²) < 4.78 is 0. The second kappa shape index (κ2) is 7.40. The molecule has 2 N–H and O–H groups in total. The minimum atomic E-state index is -1.03. The maximum Gasteiger partial charge on any atom is 0.326 e. The molecule has 4 nitrogen and oxygen atoms in total. The van der Waals surface area contributed by atoms with Crippen LogP contribution >= 0.6 is 23.4 Å². The standard InChI is InChI=1S/C13H16ClNO3S/c1-8-3-4-9(14)7-10(8)12(16)15-11(13(17)18)5-6-19-2/h3-4,7,11H,5-6H2,1-2H3,(H,15,16)(H,17,18). The van der Waals surface area contributed by atoms with Crippen LogP contribution in [0.3, 0.4) is 0 Å². The molecule has 1 aromatic rings. The van der Waals surface area contributed by atoms with Gasteiger partial charge in [0.2, 0.25) is 0 Å². The number of nitrogens with one attached hydrogen (secondary N) is 1. The number of benzene rings is 1. The Labute approximate surface area is 121 Å². The third kappa shape index (κ3) is 4.76. The SMILES string of the molecule is CSCCC(NC(=O)c1cc(Cl)ccc1C)C(=O)O. The highest BCUT2D eigenvalue weighted by atomic mass is 35.5. The number of halogens is 1. The van der Waals surface area contributed by atoms with Gasteiger partial charge in [0.05, 0.1) is 0 Å². The largest absolute Gasteiger partial charge is 0.480 e. The summed E-state index contributed by atoms with van der Waals surface area (Å²) in [5, 5.41) is 12.0. The second-order valence-electron chi connectivity index (χ2n) is 4.11. The van der Waals surface area contributed by atoms with Crippen molar-refractivity contribution in [1.29, 1.82) is 0 Å². The quantitative estimate of drug-likeness (QED) is 0.847. The van der Waals surface area contributed by atoms with Crippen molar-refractivity contribution in [2.24, 2.45) is 0 Å². The highest BCUT2D eigenvalue weighted by Gasteiger charge is 2.21. The molecule has 1 aromatic carbocycles. The topological polar surface area (TPSA) is 66.4 Å². The van der Waals surface area contributed by atoms with Crippen LogP contribution in [0.15, 0.2) is 18.2 Å². The van der Waals surface area contributed by atoms with Gasteiger partial charge in [0, 0.05) is 10.6 Å². The van der Waals surface area contributed by atoms with E-state index in [2.05, 4.69) is 5.32 Å². The molecule has 0 aromatic heterocycles. The number of rotatable bonds is 6. The van der Waals surface area contributed by atoms with E-state index < -0.39 is 17.9 Å². The second-order valence-corrected chi connectivity index (χ2v) is 5.53. The van der Waals surface area contributed by atoms with Gasteiger partial charge in [-0.15, -0.1) is 0 Å². The number of carboxylic acids is 1. The van der Waals surface area contributed by atoms with E-state index >= 15 is 0 Å². The highest BCUT2D eigenvalue weighted by molar-refractivity contribution is 7.98. The van der Waals surface area contributed by atoms with Gasteiger partial charge in [0.15, 0.2) is 0 Å². The van der Waals surface area contributed by atoms with Gasteiger partial charge >= 0.3 is 5.97 Å². The fourth-order valence-corrected chi connectivity index (χ4v) is 2.21. The van der Waals surface area contributed by atoms with Gasteiger partial charge < -0.3 is 10.4 Å². The Hall–Kier alpha value is -1.20. The maximum absolute atomic E-state index is 12.1. The molecular weight excluding hydrogens is 286 g/mol. The van der Waals surface area contributed by atoms with Crippen LogP contribution in [0.25, 0.3) is 0 Å². The molecule has 0 spiro atoms. The lowest BCUT2D eigenvalue weighted by Crippen LogP contribution is -2.41. The van der Waals surface area contributed by atoms with Gasteiger partial charge in [-0.1, -0.05) is 17.7 Å². The summed E-state index contributed by atoms with van der Waals surface area (Å²) in [6, 6.07) is 4.09. The van der Waals surface area contributed by atoms with E-state index in [1.165, 1.54) is 0 Å². The number of hydrogen-bond acceptors (Lipinski definition) is 3. The van der Waals surface area contributed by atoms with Crippen molar-refractivity contribution in [2.75, 3.05) is 12.0 Å². The Balaban J connectivity index is 2.81. The molecule has 0 aliphatic heterocycles. The van der Waals surface area contributed by atoms with E-state index in [4.69, 9.17) is 16.7 Å². The van der Waals surface area contributed by atoms with Gasteiger partial charge in [-0.25, -0.2) is 4.79 Å². The number of amides is 1.